The summed E-state index contributed by atoms with van der Waals surface area (Å²) in [7, 11) is 1.46. The second kappa shape index (κ2) is 10.1. The zero-order valence-corrected chi connectivity index (χ0v) is 16.9. The molecule has 0 aliphatic carbocycles. The van der Waals surface area contributed by atoms with Gasteiger partial charge in [-0.3, -0.25) is 4.79 Å². The Hall–Kier alpha value is -4.07. The summed E-state index contributed by atoms with van der Waals surface area (Å²) in [6.07, 6.45) is 0. The van der Waals surface area contributed by atoms with Crippen LogP contribution in [0.15, 0.2) is 66.7 Å². The minimum atomic E-state index is -0.663. The predicted molar refractivity (Wildman–Crippen MR) is 114 cm³/mol. The highest BCUT2D eigenvalue weighted by atomic mass is 19.1. The van der Waals surface area contributed by atoms with Crippen molar-refractivity contribution >= 4 is 11.9 Å². The van der Waals surface area contributed by atoms with Crippen molar-refractivity contribution in [3.63, 3.8) is 0 Å². The fourth-order valence-corrected chi connectivity index (χ4v) is 2.92. The summed E-state index contributed by atoms with van der Waals surface area (Å²) in [5, 5.41) is 5.33. The molecule has 0 bridgehead atoms. The molecule has 4 N–H and O–H groups in total. The molecule has 0 atom stereocenters. The van der Waals surface area contributed by atoms with Crippen molar-refractivity contribution in [1.29, 1.82) is 0 Å². The average molecular weight is 423 g/mol. The summed E-state index contributed by atoms with van der Waals surface area (Å²) in [5.74, 6) is 0.851. The molecule has 0 radical (unpaired) electrons. The van der Waals surface area contributed by atoms with Gasteiger partial charge in [0.25, 0.3) is 5.91 Å². The maximum atomic E-state index is 13.0. The van der Waals surface area contributed by atoms with Gasteiger partial charge in [0.15, 0.2) is 0 Å². The monoisotopic (exact) mass is 423 g/mol. The van der Waals surface area contributed by atoms with Gasteiger partial charge in [0, 0.05) is 18.7 Å². The van der Waals surface area contributed by atoms with Gasteiger partial charge in [0.1, 0.15) is 23.1 Å². The number of carbonyl (C=O) groups is 2. The standard InChI is InChI=1S/C23H22FN3O4/c1-30-21-16(14-27-23(25)29)3-2-4-20(21)22(28)26-13-15-5-9-18(10-6-15)31-19-11-7-17(24)8-12-19/h2-12H,13-14H2,1H3,(H,26,28)(H3,25,27,29). The predicted octanol–water partition coefficient (Wildman–Crippen LogP) is 3.72. The number of carbonyl (C=O) groups excluding carboxylic acids is 2. The Bertz CT molecular complexity index is 1050. The number of benzene rings is 3. The van der Waals surface area contributed by atoms with Crippen LogP contribution in [0, 0.1) is 5.82 Å². The zero-order chi connectivity index (χ0) is 22.2. The van der Waals surface area contributed by atoms with E-state index in [2.05, 4.69) is 10.6 Å². The fourth-order valence-electron chi connectivity index (χ4n) is 2.92. The molecule has 0 aliphatic rings. The van der Waals surface area contributed by atoms with Crippen LogP contribution in [0.5, 0.6) is 17.2 Å². The molecule has 0 saturated carbocycles. The van der Waals surface area contributed by atoms with Crippen LogP contribution in [-0.2, 0) is 13.1 Å². The van der Waals surface area contributed by atoms with E-state index in [4.69, 9.17) is 15.2 Å². The van der Waals surface area contributed by atoms with Crippen LogP contribution in [0.1, 0.15) is 21.5 Å². The fraction of sp³-hybridized carbons (Fsp3) is 0.130. The highest BCUT2D eigenvalue weighted by molar-refractivity contribution is 5.97. The van der Waals surface area contributed by atoms with E-state index in [9.17, 15) is 14.0 Å². The van der Waals surface area contributed by atoms with Crippen LogP contribution in [0.3, 0.4) is 0 Å². The van der Waals surface area contributed by atoms with Gasteiger partial charge < -0.3 is 25.8 Å². The van der Waals surface area contributed by atoms with Gasteiger partial charge in [-0.1, -0.05) is 24.3 Å². The topological polar surface area (TPSA) is 103 Å². The zero-order valence-electron chi connectivity index (χ0n) is 16.9. The molecule has 3 aromatic carbocycles. The number of hydrogen-bond acceptors (Lipinski definition) is 4. The van der Waals surface area contributed by atoms with Crippen molar-refractivity contribution in [3.05, 3.63) is 89.2 Å². The van der Waals surface area contributed by atoms with Crippen LogP contribution >= 0.6 is 0 Å². The van der Waals surface area contributed by atoms with Crippen molar-refractivity contribution in [3.8, 4) is 17.2 Å². The number of rotatable bonds is 8. The first-order chi connectivity index (χ1) is 15.0. The number of primary amides is 1. The van der Waals surface area contributed by atoms with E-state index in [0.29, 0.717) is 34.9 Å². The lowest BCUT2D eigenvalue weighted by Gasteiger charge is -2.14. The molecule has 3 aromatic rings. The number of amides is 3. The van der Waals surface area contributed by atoms with E-state index < -0.39 is 6.03 Å². The van der Waals surface area contributed by atoms with Crippen LogP contribution in [0.4, 0.5) is 9.18 Å². The minimum Gasteiger partial charge on any atom is -0.496 e. The first-order valence-electron chi connectivity index (χ1n) is 9.46. The third-order valence-electron chi connectivity index (χ3n) is 4.42. The van der Waals surface area contributed by atoms with Crippen molar-refractivity contribution in [1.82, 2.24) is 10.6 Å². The van der Waals surface area contributed by atoms with Crippen molar-refractivity contribution in [2.24, 2.45) is 5.73 Å². The van der Waals surface area contributed by atoms with E-state index in [1.807, 2.05) is 12.1 Å². The largest absolute Gasteiger partial charge is 0.496 e. The van der Waals surface area contributed by atoms with Gasteiger partial charge >= 0.3 is 6.03 Å². The lowest BCUT2D eigenvalue weighted by Crippen LogP contribution is -2.29. The second-order valence-electron chi connectivity index (χ2n) is 6.60. The normalized spacial score (nSPS) is 10.3. The third kappa shape index (κ3) is 5.96. The number of nitrogens with one attached hydrogen (secondary N) is 2. The summed E-state index contributed by atoms with van der Waals surface area (Å²) in [5.41, 5.74) is 6.96. The van der Waals surface area contributed by atoms with Crippen LogP contribution < -0.4 is 25.8 Å². The Labute approximate surface area is 179 Å². The average Bonchev–Trinajstić information content (AvgIpc) is 2.78. The first-order valence-corrected chi connectivity index (χ1v) is 9.46. The van der Waals surface area contributed by atoms with Crippen molar-refractivity contribution < 1.29 is 23.5 Å². The molecular weight excluding hydrogens is 401 g/mol. The number of urea groups is 1. The smallest absolute Gasteiger partial charge is 0.312 e. The number of nitrogens with two attached hydrogens (primary N) is 1. The maximum absolute atomic E-state index is 13.0. The molecular formula is C23H22FN3O4. The summed E-state index contributed by atoms with van der Waals surface area (Å²) < 4.78 is 24.0. The Morgan fingerprint density at radius 1 is 0.903 bits per heavy atom. The van der Waals surface area contributed by atoms with Gasteiger partial charge in [-0.2, -0.15) is 0 Å². The number of ether oxygens (including phenoxy) is 2. The summed E-state index contributed by atoms with van der Waals surface area (Å²) >= 11 is 0. The highest BCUT2D eigenvalue weighted by Gasteiger charge is 2.15. The molecule has 0 aliphatic heterocycles. The molecule has 3 amide bonds. The number of hydrogen-bond donors (Lipinski definition) is 3. The Kier molecular flexibility index (Phi) is 7.05. The molecule has 0 spiro atoms. The Morgan fingerprint density at radius 3 is 2.16 bits per heavy atom. The quantitative estimate of drug-likeness (QED) is 0.514. The number of para-hydroxylation sites is 1. The van der Waals surface area contributed by atoms with Crippen LogP contribution in [-0.4, -0.2) is 19.0 Å². The molecule has 8 heteroatoms. The molecule has 0 fully saturated rings. The van der Waals surface area contributed by atoms with Gasteiger partial charge in [0.2, 0.25) is 0 Å². The lowest BCUT2D eigenvalue weighted by atomic mass is 10.1. The van der Waals surface area contributed by atoms with E-state index in [1.54, 1.807) is 42.5 Å². The van der Waals surface area contributed by atoms with Gasteiger partial charge in [-0.25, -0.2) is 9.18 Å². The molecule has 31 heavy (non-hydrogen) atoms. The molecule has 3 rings (SSSR count). The maximum Gasteiger partial charge on any atom is 0.312 e. The molecule has 0 aromatic heterocycles. The Morgan fingerprint density at radius 2 is 1.55 bits per heavy atom. The Balaban J connectivity index is 1.62. The summed E-state index contributed by atoms with van der Waals surface area (Å²) in [6.45, 7) is 0.442. The molecule has 160 valence electrons. The first kappa shape index (κ1) is 21.6. The van der Waals surface area contributed by atoms with E-state index in [1.165, 1.54) is 19.2 Å². The van der Waals surface area contributed by atoms with Gasteiger partial charge in [0.05, 0.1) is 12.7 Å². The number of methoxy groups -OCH3 is 1. The molecule has 0 saturated heterocycles. The third-order valence-corrected chi connectivity index (χ3v) is 4.42. The molecule has 0 unspecified atom stereocenters. The van der Waals surface area contributed by atoms with E-state index in [0.717, 1.165) is 5.56 Å². The minimum absolute atomic E-state index is 0.148. The molecule has 7 nitrogen and oxygen atoms in total. The van der Waals surface area contributed by atoms with E-state index >= 15 is 0 Å². The van der Waals surface area contributed by atoms with Crippen molar-refractivity contribution in [2.45, 2.75) is 13.1 Å². The number of halogens is 1. The van der Waals surface area contributed by atoms with Gasteiger partial charge in [-0.05, 0) is 48.0 Å². The molecule has 0 heterocycles. The van der Waals surface area contributed by atoms with Crippen molar-refractivity contribution in [2.75, 3.05) is 7.11 Å². The highest BCUT2D eigenvalue weighted by Crippen LogP contribution is 2.24. The summed E-state index contributed by atoms with van der Waals surface area (Å²) in [6, 6.07) is 17.3. The van der Waals surface area contributed by atoms with Gasteiger partial charge in [-0.15, -0.1) is 0 Å². The SMILES string of the molecule is COc1c(CNC(N)=O)cccc1C(=O)NCc1ccc(Oc2ccc(F)cc2)cc1. The summed E-state index contributed by atoms with van der Waals surface area (Å²) in [4.78, 5) is 23.6. The van der Waals surface area contributed by atoms with E-state index in [-0.39, 0.29) is 18.3 Å². The van der Waals surface area contributed by atoms with Crippen LogP contribution in [0.25, 0.3) is 0 Å². The lowest BCUT2D eigenvalue weighted by molar-refractivity contribution is 0.0947. The van der Waals surface area contributed by atoms with Crippen LogP contribution in [0.2, 0.25) is 0 Å². The second-order valence-corrected chi connectivity index (χ2v) is 6.60.